The lowest BCUT2D eigenvalue weighted by atomic mass is 10.2. The molecule has 1 saturated heterocycles. The second-order valence-corrected chi connectivity index (χ2v) is 10.0. The molecule has 3 aromatic rings. The Balaban J connectivity index is 1.42. The number of nitrogens with zero attached hydrogens (tertiary/aromatic N) is 4. The summed E-state index contributed by atoms with van der Waals surface area (Å²) in [6.45, 7) is 3.80. The van der Waals surface area contributed by atoms with E-state index in [4.69, 9.17) is 16.3 Å². The van der Waals surface area contributed by atoms with Crippen LogP contribution in [-0.4, -0.2) is 45.1 Å². The minimum atomic E-state index is -3.05. The van der Waals surface area contributed by atoms with Crippen molar-refractivity contribution in [3.05, 3.63) is 58.3 Å². The quantitative estimate of drug-likeness (QED) is 0.440. The van der Waals surface area contributed by atoms with E-state index in [1.165, 1.54) is 10.8 Å². The van der Waals surface area contributed by atoms with Crippen LogP contribution in [0.15, 0.2) is 30.6 Å². The predicted molar refractivity (Wildman–Crippen MR) is 113 cm³/mol. The molecule has 158 valence electrons. The zero-order valence-corrected chi connectivity index (χ0v) is 18.2. The van der Waals surface area contributed by atoms with Crippen LogP contribution in [0, 0.1) is 13.8 Å². The van der Waals surface area contributed by atoms with Crippen molar-refractivity contribution in [1.82, 2.24) is 19.2 Å². The molecule has 0 saturated carbocycles. The standard InChI is InChI=1S/C20H21ClN4O4S/c1-13-3-5-18-22-15(10-24(18)9-13)11-29-19(26)6-4-17-14(2)23-25(20(17)21)16-7-8-30(27,28)12-16/h3-6,9-10,16H,7-8,11-12H2,1-2H3. The van der Waals surface area contributed by atoms with Crippen LogP contribution in [0.3, 0.4) is 0 Å². The van der Waals surface area contributed by atoms with Gasteiger partial charge < -0.3 is 9.14 Å². The molecule has 0 amide bonds. The molecular formula is C20H21ClN4O4S. The molecule has 3 aromatic heterocycles. The maximum Gasteiger partial charge on any atom is 0.331 e. The molecule has 1 fully saturated rings. The van der Waals surface area contributed by atoms with Gasteiger partial charge in [0.1, 0.15) is 17.4 Å². The number of aryl methyl sites for hydroxylation is 2. The van der Waals surface area contributed by atoms with Gasteiger partial charge in [-0.25, -0.2) is 22.9 Å². The van der Waals surface area contributed by atoms with Crippen LogP contribution in [-0.2, 0) is 26.0 Å². The minimum Gasteiger partial charge on any atom is -0.456 e. The zero-order chi connectivity index (χ0) is 21.5. The van der Waals surface area contributed by atoms with Crippen LogP contribution in [0.4, 0.5) is 0 Å². The monoisotopic (exact) mass is 448 g/mol. The summed E-state index contributed by atoms with van der Waals surface area (Å²) in [5.41, 5.74) is 3.72. The van der Waals surface area contributed by atoms with E-state index in [1.807, 2.05) is 35.9 Å². The van der Waals surface area contributed by atoms with Crippen LogP contribution in [0.1, 0.15) is 35.0 Å². The van der Waals surface area contributed by atoms with Gasteiger partial charge in [-0.3, -0.25) is 0 Å². The molecule has 1 atom stereocenters. The van der Waals surface area contributed by atoms with Gasteiger partial charge in [0.25, 0.3) is 0 Å². The Labute approximate surface area is 179 Å². The fourth-order valence-corrected chi connectivity index (χ4v) is 5.57. The van der Waals surface area contributed by atoms with E-state index in [9.17, 15) is 13.2 Å². The Hall–Kier alpha value is -2.65. The highest BCUT2D eigenvalue weighted by atomic mass is 35.5. The molecule has 10 heteroatoms. The van der Waals surface area contributed by atoms with Gasteiger partial charge in [-0.2, -0.15) is 5.10 Å². The first kappa shape index (κ1) is 20.6. The number of hydrogen-bond acceptors (Lipinski definition) is 6. The summed E-state index contributed by atoms with van der Waals surface area (Å²) in [5, 5.41) is 4.68. The summed E-state index contributed by atoms with van der Waals surface area (Å²) in [6, 6.07) is 3.58. The average molecular weight is 449 g/mol. The lowest BCUT2D eigenvalue weighted by Gasteiger charge is -2.09. The summed E-state index contributed by atoms with van der Waals surface area (Å²) in [5.74, 6) is -0.375. The highest BCUT2D eigenvalue weighted by molar-refractivity contribution is 7.91. The topological polar surface area (TPSA) is 95.6 Å². The molecule has 8 nitrogen and oxygen atoms in total. The van der Waals surface area contributed by atoms with Crippen LogP contribution in [0.25, 0.3) is 11.7 Å². The molecule has 1 aliphatic heterocycles. The van der Waals surface area contributed by atoms with E-state index in [2.05, 4.69) is 10.1 Å². The molecule has 0 N–H and O–H groups in total. The highest BCUT2D eigenvalue weighted by Crippen LogP contribution is 2.30. The highest BCUT2D eigenvalue weighted by Gasteiger charge is 2.31. The van der Waals surface area contributed by atoms with Crippen LogP contribution >= 0.6 is 11.6 Å². The molecular weight excluding hydrogens is 428 g/mol. The van der Waals surface area contributed by atoms with Crippen molar-refractivity contribution in [3.63, 3.8) is 0 Å². The molecule has 0 radical (unpaired) electrons. The van der Waals surface area contributed by atoms with Crippen LogP contribution < -0.4 is 0 Å². The van der Waals surface area contributed by atoms with Gasteiger partial charge in [0.2, 0.25) is 0 Å². The van der Waals surface area contributed by atoms with E-state index >= 15 is 0 Å². The maximum atomic E-state index is 12.1. The molecule has 1 aliphatic rings. The number of carbonyl (C=O) groups excluding carboxylic acids is 1. The number of carbonyl (C=O) groups is 1. The lowest BCUT2D eigenvalue weighted by Crippen LogP contribution is -2.12. The van der Waals surface area contributed by atoms with Gasteiger partial charge >= 0.3 is 5.97 Å². The average Bonchev–Trinajstić information content (AvgIpc) is 3.33. The Morgan fingerprint density at radius 1 is 1.33 bits per heavy atom. The third-order valence-corrected chi connectivity index (χ3v) is 7.15. The zero-order valence-electron chi connectivity index (χ0n) is 16.6. The molecule has 4 heterocycles. The Morgan fingerprint density at radius 3 is 2.87 bits per heavy atom. The molecule has 0 bridgehead atoms. The van der Waals surface area contributed by atoms with E-state index < -0.39 is 15.8 Å². The Bertz CT molecular complexity index is 1260. The van der Waals surface area contributed by atoms with Crippen LogP contribution in [0.5, 0.6) is 0 Å². The Morgan fingerprint density at radius 2 is 2.13 bits per heavy atom. The first-order valence-corrected chi connectivity index (χ1v) is 11.7. The third-order valence-electron chi connectivity index (χ3n) is 5.02. The molecule has 0 spiro atoms. The summed E-state index contributed by atoms with van der Waals surface area (Å²) < 4.78 is 32.1. The molecule has 1 unspecified atom stereocenters. The molecule has 4 rings (SSSR count). The fraction of sp³-hybridized carbons (Fsp3) is 0.350. The third kappa shape index (κ3) is 4.27. The van der Waals surface area contributed by atoms with Crippen molar-refractivity contribution in [2.24, 2.45) is 0 Å². The van der Waals surface area contributed by atoms with Crippen molar-refractivity contribution in [2.75, 3.05) is 11.5 Å². The van der Waals surface area contributed by atoms with E-state index in [-0.39, 0.29) is 24.2 Å². The summed E-state index contributed by atoms with van der Waals surface area (Å²) in [4.78, 5) is 16.5. The van der Waals surface area contributed by atoms with Crippen molar-refractivity contribution in [1.29, 1.82) is 0 Å². The number of sulfone groups is 1. The number of hydrogen-bond donors (Lipinski definition) is 0. The van der Waals surface area contributed by atoms with Gasteiger partial charge in [-0.15, -0.1) is 0 Å². The predicted octanol–water partition coefficient (Wildman–Crippen LogP) is 2.92. The van der Waals surface area contributed by atoms with Crippen LogP contribution in [0.2, 0.25) is 5.15 Å². The number of aromatic nitrogens is 4. The number of esters is 1. The summed E-state index contributed by atoms with van der Waals surface area (Å²) in [7, 11) is -3.05. The smallest absolute Gasteiger partial charge is 0.331 e. The summed E-state index contributed by atoms with van der Waals surface area (Å²) >= 11 is 6.41. The molecule has 30 heavy (non-hydrogen) atoms. The van der Waals surface area contributed by atoms with Crippen molar-refractivity contribution in [3.8, 4) is 0 Å². The summed E-state index contributed by atoms with van der Waals surface area (Å²) in [6.07, 6.45) is 7.07. The van der Waals surface area contributed by atoms with Crippen molar-refractivity contribution in [2.45, 2.75) is 32.9 Å². The number of rotatable bonds is 5. The van der Waals surface area contributed by atoms with Gasteiger partial charge in [-0.1, -0.05) is 17.7 Å². The van der Waals surface area contributed by atoms with E-state index in [1.54, 1.807) is 13.0 Å². The van der Waals surface area contributed by atoms with E-state index in [0.717, 1.165) is 11.2 Å². The normalized spacial score (nSPS) is 18.4. The number of imidazole rings is 1. The second kappa shape index (κ2) is 7.88. The van der Waals surface area contributed by atoms with E-state index in [0.29, 0.717) is 28.5 Å². The first-order chi connectivity index (χ1) is 14.2. The largest absolute Gasteiger partial charge is 0.456 e. The number of ether oxygens (including phenoxy) is 1. The first-order valence-electron chi connectivity index (χ1n) is 9.46. The SMILES string of the molecule is Cc1ccc2nc(COC(=O)C=Cc3c(C)nn(C4CCS(=O)(=O)C4)c3Cl)cn2c1. The van der Waals surface area contributed by atoms with Crippen molar-refractivity contribution < 1.29 is 17.9 Å². The van der Waals surface area contributed by atoms with Gasteiger partial charge in [0.05, 0.1) is 28.9 Å². The Kier molecular flexibility index (Phi) is 5.42. The second-order valence-electron chi connectivity index (χ2n) is 7.44. The minimum absolute atomic E-state index is 0.0254. The fourth-order valence-electron chi connectivity index (χ4n) is 3.50. The maximum absolute atomic E-state index is 12.1. The number of fused-ring (bicyclic) bond motifs is 1. The lowest BCUT2D eigenvalue weighted by molar-refractivity contribution is -0.139. The van der Waals surface area contributed by atoms with Gasteiger partial charge in [0.15, 0.2) is 9.84 Å². The van der Waals surface area contributed by atoms with Gasteiger partial charge in [0, 0.05) is 24.0 Å². The number of pyridine rings is 1. The number of halogens is 1. The van der Waals surface area contributed by atoms with Gasteiger partial charge in [-0.05, 0) is 38.0 Å². The molecule has 0 aromatic carbocycles. The molecule has 0 aliphatic carbocycles. The van der Waals surface area contributed by atoms with Crippen molar-refractivity contribution >= 4 is 39.1 Å².